The Morgan fingerprint density at radius 2 is 1.96 bits per heavy atom. The summed E-state index contributed by atoms with van der Waals surface area (Å²) in [4.78, 5) is 6.58. The molecule has 0 aliphatic carbocycles. The molecule has 122 valence electrons. The summed E-state index contributed by atoms with van der Waals surface area (Å²) in [7, 11) is 0. The fourth-order valence-corrected chi connectivity index (χ4v) is 3.30. The molecule has 0 spiro atoms. The molecule has 1 aliphatic rings. The zero-order valence-corrected chi connectivity index (χ0v) is 13.9. The van der Waals surface area contributed by atoms with Crippen molar-refractivity contribution in [2.75, 3.05) is 11.4 Å². The molecule has 4 heteroatoms. The number of benzene rings is 2. The highest BCUT2D eigenvalue weighted by Crippen LogP contribution is 2.25. The third-order valence-electron chi connectivity index (χ3n) is 4.58. The number of nitrogens with zero attached hydrogens (tertiary/aromatic N) is 3. The Hall–Kier alpha value is -2.59. The second-order valence-electron chi connectivity index (χ2n) is 6.43. The van der Waals surface area contributed by atoms with Crippen LogP contribution in [0, 0.1) is 0 Å². The molecule has 1 unspecified atom stereocenters. The van der Waals surface area contributed by atoms with Crippen molar-refractivity contribution in [2.24, 2.45) is 0 Å². The lowest BCUT2D eigenvalue weighted by Gasteiger charge is -2.26. The van der Waals surface area contributed by atoms with Crippen LogP contribution in [0.4, 0.5) is 5.69 Å². The van der Waals surface area contributed by atoms with E-state index in [1.807, 2.05) is 17.1 Å². The van der Waals surface area contributed by atoms with E-state index in [0.717, 1.165) is 25.3 Å². The Bertz CT molecular complexity index is 793. The summed E-state index contributed by atoms with van der Waals surface area (Å²) in [5.74, 6) is 0. The highest BCUT2D eigenvalue weighted by Gasteiger charge is 2.18. The summed E-state index contributed by atoms with van der Waals surface area (Å²) < 4.78 is 2.02. The number of hydrogen-bond acceptors (Lipinski definition) is 3. The van der Waals surface area contributed by atoms with Gasteiger partial charge in [-0.3, -0.25) is 0 Å². The predicted molar refractivity (Wildman–Crippen MR) is 97.4 cm³/mol. The quantitative estimate of drug-likeness (QED) is 0.804. The van der Waals surface area contributed by atoms with Crippen LogP contribution in [0.2, 0.25) is 0 Å². The largest absolute Gasteiger partial charge is 0.365 e. The Labute approximate surface area is 142 Å². The first-order valence-corrected chi connectivity index (χ1v) is 8.43. The van der Waals surface area contributed by atoms with Gasteiger partial charge in [0.25, 0.3) is 0 Å². The lowest BCUT2D eigenvalue weighted by atomic mass is 10.1. The second-order valence-corrected chi connectivity index (χ2v) is 6.43. The van der Waals surface area contributed by atoms with Crippen LogP contribution in [0.3, 0.4) is 0 Å². The minimum absolute atomic E-state index is 0.475. The minimum atomic E-state index is 0.475. The van der Waals surface area contributed by atoms with Gasteiger partial charge in [-0.1, -0.05) is 30.3 Å². The number of hydrogen-bond donors (Lipinski definition) is 1. The van der Waals surface area contributed by atoms with Crippen molar-refractivity contribution in [3.63, 3.8) is 0 Å². The van der Waals surface area contributed by atoms with E-state index >= 15 is 0 Å². The minimum Gasteiger partial charge on any atom is -0.365 e. The van der Waals surface area contributed by atoms with Crippen LogP contribution in [-0.4, -0.2) is 22.1 Å². The van der Waals surface area contributed by atoms with Gasteiger partial charge < -0.3 is 14.8 Å². The van der Waals surface area contributed by atoms with Gasteiger partial charge in [0.2, 0.25) is 0 Å². The molecule has 1 aliphatic heterocycles. The average molecular weight is 318 g/mol. The maximum absolute atomic E-state index is 4.11. The molecule has 0 bridgehead atoms. The SMILES string of the molecule is CC1CN(Cc2ccc(-n3ccnc3)cc2)c2ccccc2CN1. The van der Waals surface area contributed by atoms with Crippen molar-refractivity contribution in [1.82, 2.24) is 14.9 Å². The van der Waals surface area contributed by atoms with Crippen LogP contribution in [0.5, 0.6) is 0 Å². The molecule has 0 saturated carbocycles. The zero-order valence-electron chi connectivity index (χ0n) is 13.9. The van der Waals surface area contributed by atoms with E-state index in [-0.39, 0.29) is 0 Å². The monoisotopic (exact) mass is 318 g/mol. The van der Waals surface area contributed by atoms with Crippen molar-refractivity contribution in [1.29, 1.82) is 0 Å². The van der Waals surface area contributed by atoms with Gasteiger partial charge in [0.15, 0.2) is 0 Å². The van der Waals surface area contributed by atoms with Gasteiger partial charge in [0.1, 0.15) is 0 Å². The normalized spacial score (nSPS) is 17.4. The molecule has 0 radical (unpaired) electrons. The molecule has 2 aromatic carbocycles. The van der Waals surface area contributed by atoms with Crippen molar-refractivity contribution in [3.8, 4) is 5.69 Å². The van der Waals surface area contributed by atoms with Crippen LogP contribution in [-0.2, 0) is 13.1 Å². The molecular weight excluding hydrogens is 296 g/mol. The lowest BCUT2D eigenvalue weighted by Crippen LogP contribution is -2.35. The van der Waals surface area contributed by atoms with Crippen molar-refractivity contribution in [3.05, 3.63) is 78.4 Å². The molecule has 0 saturated heterocycles. The molecule has 1 atom stereocenters. The molecule has 3 aromatic rings. The summed E-state index contributed by atoms with van der Waals surface area (Å²) in [6, 6.07) is 17.9. The molecular formula is C20H22N4. The summed E-state index contributed by atoms with van der Waals surface area (Å²) in [6.45, 7) is 5.13. The Kier molecular flexibility index (Phi) is 4.05. The molecule has 24 heavy (non-hydrogen) atoms. The van der Waals surface area contributed by atoms with Crippen molar-refractivity contribution >= 4 is 5.69 Å². The number of para-hydroxylation sites is 1. The van der Waals surface area contributed by atoms with Crippen molar-refractivity contribution in [2.45, 2.75) is 26.1 Å². The summed E-state index contributed by atoms with van der Waals surface area (Å²) in [5, 5.41) is 3.59. The number of anilines is 1. The molecule has 0 amide bonds. The summed E-state index contributed by atoms with van der Waals surface area (Å²) in [5.41, 5.74) is 5.18. The highest BCUT2D eigenvalue weighted by atomic mass is 15.2. The highest BCUT2D eigenvalue weighted by molar-refractivity contribution is 5.55. The first-order valence-electron chi connectivity index (χ1n) is 8.43. The maximum atomic E-state index is 4.11. The fourth-order valence-electron chi connectivity index (χ4n) is 3.30. The zero-order chi connectivity index (χ0) is 16.4. The van der Waals surface area contributed by atoms with Crippen LogP contribution in [0.15, 0.2) is 67.3 Å². The van der Waals surface area contributed by atoms with E-state index in [9.17, 15) is 0 Å². The topological polar surface area (TPSA) is 33.1 Å². The fraction of sp³-hybridized carbons (Fsp3) is 0.250. The van der Waals surface area contributed by atoms with E-state index in [0.29, 0.717) is 6.04 Å². The Morgan fingerprint density at radius 1 is 1.12 bits per heavy atom. The number of fused-ring (bicyclic) bond motifs is 1. The Balaban J connectivity index is 1.58. The Morgan fingerprint density at radius 3 is 2.75 bits per heavy atom. The van der Waals surface area contributed by atoms with Crippen LogP contribution in [0.1, 0.15) is 18.1 Å². The smallest absolute Gasteiger partial charge is 0.0991 e. The van der Waals surface area contributed by atoms with Crippen molar-refractivity contribution < 1.29 is 0 Å². The van der Waals surface area contributed by atoms with Gasteiger partial charge in [-0.15, -0.1) is 0 Å². The standard InChI is InChI=1S/C20H22N4/c1-16-13-24(20-5-3-2-4-18(20)12-22-16)14-17-6-8-19(9-7-17)23-11-10-21-15-23/h2-11,15-16,22H,12-14H2,1H3. The van der Waals surface area contributed by atoms with Crippen LogP contribution >= 0.6 is 0 Å². The van der Waals surface area contributed by atoms with Gasteiger partial charge in [-0.25, -0.2) is 4.98 Å². The third-order valence-corrected chi connectivity index (χ3v) is 4.58. The second kappa shape index (κ2) is 6.49. The van der Waals surface area contributed by atoms with Crippen LogP contribution < -0.4 is 10.2 Å². The molecule has 1 N–H and O–H groups in total. The summed E-state index contributed by atoms with van der Waals surface area (Å²) >= 11 is 0. The van der Waals surface area contributed by atoms with Gasteiger partial charge in [0, 0.05) is 49.4 Å². The van der Waals surface area contributed by atoms with E-state index in [4.69, 9.17) is 0 Å². The van der Waals surface area contributed by atoms with Gasteiger partial charge in [0.05, 0.1) is 6.33 Å². The predicted octanol–water partition coefficient (Wildman–Crippen LogP) is 3.37. The maximum Gasteiger partial charge on any atom is 0.0991 e. The van der Waals surface area contributed by atoms with E-state index in [1.165, 1.54) is 16.8 Å². The van der Waals surface area contributed by atoms with Gasteiger partial charge in [-0.05, 0) is 36.2 Å². The number of aromatic nitrogens is 2. The van der Waals surface area contributed by atoms with Gasteiger partial charge >= 0.3 is 0 Å². The van der Waals surface area contributed by atoms with E-state index < -0.39 is 0 Å². The molecule has 4 nitrogen and oxygen atoms in total. The van der Waals surface area contributed by atoms with E-state index in [2.05, 4.69) is 70.7 Å². The number of imidazole rings is 1. The van der Waals surface area contributed by atoms with Crippen LogP contribution in [0.25, 0.3) is 5.69 Å². The average Bonchev–Trinajstić information content (AvgIpc) is 3.10. The molecule has 4 rings (SSSR count). The third kappa shape index (κ3) is 3.05. The van der Waals surface area contributed by atoms with Gasteiger partial charge in [-0.2, -0.15) is 0 Å². The molecule has 1 aromatic heterocycles. The summed E-state index contributed by atoms with van der Waals surface area (Å²) in [6.07, 6.45) is 5.59. The lowest BCUT2D eigenvalue weighted by molar-refractivity contribution is 0.552. The van der Waals surface area contributed by atoms with E-state index in [1.54, 1.807) is 6.20 Å². The number of rotatable bonds is 3. The number of nitrogens with one attached hydrogen (secondary N) is 1. The molecule has 2 heterocycles. The molecule has 0 fully saturated rings. The first kappa shape index (κ1) is 15.0. The first-order chi connectivity index (χ1) is 11.8.